The molecule has 0 amide bonds. The first-order valence-corrected chi connectivity index (χ1v) is 7.72. The van der Waals surface area contributed by atoms with Crippen molar-refractivity contribution in [2.45, 2.75) is 11.4 Å². The highest BCUT2D eigenvalue weighted by atomic mass is 32.2. The Labute approximate surface area is 118 Å². The number of benzene rings is 1. The molecule has 98 valence electrons. The molecule has 3 rings (SSSR count). The zero-order valence-corrected chi connectivity index (χ0v) is 11.6. The third kappa shape index (κ3) is 2.65. The van der Waals surface area contributed by atoms with Gasteiger partial charge in [-0.25, -0.2) is 4.98 Å². The molecule has 2 unspecified atom stereocenters. The Morgan fingerprint density at radius 2 is 2.16 bits per heavy atom. The summed E-state index contributed by atoms with van der Waals surface area (Å²) in [6.45, 7) is 0. The molecule has 19 heavy (non-hydrogen) atoms. The van der Waals surface area contributed by atoms with Crippen molar-refractivity contribution in [3.8, 4) is 10.6 Å². The van der Waals surface area contributed by atoms with Gasteiger partial charge >= 0.3 is 5.97 Å². The van der Waals surface area contributed by atoms with Gasteiger partial charge in [0.2, 0.25) is 0 Å². The molecule has 0 bridgehead atoms. The molecule has 4 nitrogen and oxygen atoms in total. The molecule has 2 heterocycles. The summed E-state index contributed by atoms with van der Waals surface area (Å²) in [4.78, 5) is 16.4. The third-order valence-electron chi connectivity index (χ3n) is 2.88. The van der Waals surface area contributed by atoms with E-state index in [0.717, 1.165) is 15.4 Å². The number of hydrogen-bond donors (Lipinski definition) is 2. The van der Waals surface area contributed by atoms with Gasteiger partial charge in [-0.2, -0.15) is 0 Å². The van der Waals surface area contributed by atoms with Crippen LogP contribution in [-0.2, 0) is 4.79 Å². The standard InChI is InChI=1S/C13H12N2O2S2/c16-13(17)9-7-18-12(15-9)10-6-14-11(19-10)8-4-2-1-3-5-8/h1-6,9,12,15H,7H2,(H,16,17). The van der Waals surface area contributed by atoms with Gasteiger partial charge in [-0.3, -0.25) is 10.1 Å². The number of aromatic nitrogens is 1. The van der Waals surface area contributed by atoms with Crippen molar-refractivity contribution >= 4 is 29.1 Å². The molecule has 0 spiro atoms. The highest BCUT2D eigenvalue weighted by Gasteiger charge is 2.31. The molecule has 1 aliphatic rings. The van der Waals surface area contributed by atoms with Gasteiger partial charge in [0.1, 0.15) is 11.0 Å². The van der Waals surface area contributed by atoms with Crippen LogP contribution in [0.25, 0.3) is 10.6 Å². The Hall–Kier alpha value is -1.37. The molecule has 2 atom stereocenters. The number of thioether (sulfide) groups is 1. The summed E-state index contributed by atoms with van der Waals surface area (Å²) in [5, 5.41) is 13.1. The first kappa shape index (κ1) is 12.7. The smallest absolute Gasteiger partial charge is 0.321 e. The number of thiazole rings is 1. The summed E-state index contributed by atoms with van der Waals surface area (Å²) in [5.41, 5.74) is 1.09. The van der Waals surface area contributed by atoms with Crippen LogP contribution < -0.4 is 5.32 Å². The number of hydrogen-bond acceptors (Lipinski definition) is 5. The molecule has 1 aliphatic heterocycles. The average Bonchev–Trinajstić information content (AvgIpc) is 3.09. The highest BCUT2D eigenvalue weighted by Crippen LogP contribution is 2.37. The molecule has 2 aromatic rings. The van der Waals surface area contributed by atoms with Gasteiger partial charge < -0.3 is 5.11 Å². The van der Waals surface area contributed by atoms with Crippen molar-refractivity contribution in [2.24, 2.45) is 0 Å². The van der Waals surface area contributed by atoms with E-state index in [1.54, 1.807) is 23.1 Å². The zero-order valence-electron chi connectivity index (χ0n) is 9.95. The SMILES string of the molecule is O=C(O)C1CSC(c2cnc(-c3ccccc3)s2)N1. The number of nitrogens with zero attached hydrogens (tertiary/aromatic N) is 1. The lowest BCUT2D eigenvalue weighted by Gasteiger charge is -2.07. The Morgan fingerprint density at radius 3 is 2.84 bits per heavy atom. The van der Waals surface area contributed by atoms with E-state index < -0.39 is 12.0 Å². The molecular formula is C13H12N2O2S2. The summed E-state index contributed by atoms with van der Waals surface area (Å²) >= 11 is 3.23. The Morgan fingerprint density at radius 1 is 1.37 bits per heavy atom. The molecule has 0 aliphatic carbocycles. The summed E-state index contributed by atoms with van der Waals surface area (Å²) in [5.74, 6) is -0.193. The van der Waals surface area contributed by atoms with Gasteiger partial charge in [0.05, 0.1) is 10.3 Å². The summed E-state index contributed by atoms with van der Waals surface area (Å²) in [6.07, 6.45) is 1.84. The third-order valence-corrected chi connectivity index (χ3v) is 5.39. The van der Waals surface area contributed by atoms with Gasteiger partial charge in [0.15, 0.2) is 0 Å². The number of nitrogens with one attached hydrogen (secondary N) is 1. The Kier molecular flexibility index (Phi) is 3.54. The van der Waals surface area contributed by atoms with E-state index in [1.165, 1.54) is 0 Å². The lowest BCUT2D eigenvalue weighted by atomic mass is 10.2. The van der Waals surface area contributed by atoms with Crippen molar-refractivity contribution in [1.29, 1.82) is 0 Å². The van der Waals surface area contributed by atoms with Gasteiger partial charge in [0, 0.05) is 17.5 Å². The Bertz CT molecular complexity index is 585. The lowest BCUT2D eigenvalue weighted by Crippen LogP contribution is -2.33. The van der Waals surface area contributed by atoms with Gasteiger partial charge in [-0.05, 0) is 0 Å². The van der Waals surface area contributed by atoms with Crippen LogP contribution in [0.2, 0.25) is 0 Å². The highest BCUT2D eigenvalue weighted by molar-refractivity contribution is 7.99. The van der Waals surface area contributed by atoms with E-state index in [4.69, 9.17) is 5.11 Å². The maximum atomic E-state index is 10.9. The topological polar surface area (TPSA) is 62.2 Å². The lowest BCUT2D eigenvalue weighted by molar-refractivity contribution is -0.138. The number of rotatable bonds is 3. The second kappa shape index (κ2) is 5.32. The minimum atomic E-state index is -0.789. The fraction of sp³-hybridized carbons (Fsp3) is 0.231. The number of carbonyl (C=O) groups is 1. The van der Waals surface area contributed by atoms with Crippen LogP contribution in [0.3, 0.4) is 0 Å². The first-order valence-electron chi connectivity index (χ1n) is 5.85. The van der Waals surface area contributed by atoms with Crippen LogP contribution in [0.5, 0.6) is 0 Å². The van der Waals surface area contributed by atoms with E-state index in [0.29, 0.717) is 5.75 Å². The van der Waals surface area contributed by atoms with E-state index >= 15 is 0 Å². The van der Waals surface area contributed by atoms with Crippen molar-refractivity contribution < 1.29 is 9.90 Å². The summed E-state index contributed by atoms with van der Waals surface area (Å²) < 4.78 is 0. The van der Waals surface area contributed by atoms with Gasteiger partial charge in [-0.15, -0.1) is 23.1 Å². The van der Waals surface area contributed by atoms with Crippen molar-refractivity contribution in [3.63, 3.8) is 0 Å². The second-order valence-electron chi connectivity index (χ2n) is 4.20. The zero-order chi connectivity index (χ0) is 13.2. The van der Waals surface area contributed by atoms with Crippen molar-refractivity contribution in [2.75, 3.05) is 5.75 Å². The van der Waals surface area contributed by atoms with E-state index in [9.17, 15) is 4.79 Å². The molecule has 2 N–H and O–H groups in total. The summed E-state index contributed by atoms with van der Waals surface area (Å²) in [6, 6.07) is 9.54. The predicted octanol–water partition coefficient (Wildman–Crippen LogP) is 2.60. The van der Waals surface area contributed by atoms with Crippen LogP contribution in [-0.4, -0.2) is 27.9 Å². The summed E-state index contributed by atoms with van der Waals surface area (Å²) in [7, 11) is 0. The first-order chi connectivity index (χ1) is 9.24. The van der Waals surface area contributed by atoms with Gasteiger partial charge in [0.25, 0.3) is 0 Å². The molecule has 1 saturated heterocycles. The minimum Gasteiger partial charge on any atom is -0.480 e. The normalized spacial score (nSPS) is 22.5. The number of carboxylic acid groups (broad SMARTS) is 1. The maximum absolute atomic E-state index is 10.9. The number of carboxylic acids is 1. The monoisotopic (exact) mass is 292 g/mol. The van der Waals surface area contributed by atoms with Crippen molar-refractivity contribution in [1.82, 2.24) is 10.3 Å². The van der Waals surface area contributed by atoms with Crippen LogP contribution in [0, 0.1) is 0 Å². The van der Waals surface area contributed by atoms with Gasteiger partial charge in [-0.1, -0.05) is 30.3 Å². The minimum absolute atomic E-state index is 0.0380. The second-order valence-corrected chi connectivity index (χ2v) is 6.40. The number of aliphatic carboxylic acids is 1. The maximum Gasteiger partial charge on any atom is 0.321 e. The van der Waals surface area contributed by atoms with Crippen LogP contribution in [0.4, 0.5) is 0 Å². The molecule has 6 heteroatoms. The van der Waals surface area contributed by atoms with E-state index in [2.05, 4.69) is 10.3 Å². The van der Waals surface area contributed by atoms with Crippen molar-refractivity contribution in [3.05, 3.63) is 41.4 Å². The molecule has 1 aromatic heterocycles. The van der Waals surface area contributed by atoms with Crippen LogP contribution in [0.15, 0.2) is 36.5 Å². The average molecular weight is 292 g/mol. The fourth-order valence-corrected chi connectivity index (χ4v) is 4.22. The fourth-order valence-electron chi connectivity index (χ4n) is 1.90. The quantitative estimate of drug-likeness (QED) is 0.910. The molecule has 0 saturated carbocycles. The molecule has 1 aromatic carbocycles. The Balaban J connectivity index is 1.78. The largest absolute Gasteiger partial charge is 0.480 e. The van der Waals surface area contributed by atoms with E-state index in [-0.39, 0.29) is 5.37 Å². The predicted molar refractivity (Wildman–Crippen MR) is 77.3 cm³/mol. The van der Waals surface area contributed by atoms with Crippen LogP contribution in [0.1, 0.15) is 10.3 Å². The van der Waals surface area contributed by atoms with Crippen LogP contribution >= 0.6 is 23.1 Å². The van der Waals surface area contributed by atoms with E-state index in [1.807, 2.05) is 36.5 Å². The molecule has 0 radical (unpaired) electrons. The molecule has 1 fully saturated rings. The molecular weight excluding hydrogens is 280 g/mol.